The van der Waals surface area contributed by atoms with Gasteiger partial charge in [-0.05, 0) is 34.1 Å². The molecule has 0 N–H and O–H groups in total. The molecule has 11 heteroatoms. The van der Waals surface area contributed by atoms with Crippen LogP contribution < -0.4 is 4.74 Å². The number of halogens is 7. The number of nitrogens with zero attached hydrogens (tertiary/aromatic N) is 3. The maximum absolute atomic E-state index is 5.84. The van der Waals surface area contributed by atoms with E-state index >= 15 is 0 Å². The molecule has 0 spiro atoms. The van der Waals surface area contributed by atoms with Gasteiger partial charge in [-0.3, -0.25) is 0 Å². The molecule has 2 aromatic rings. The summed E-state index contributed by atoms with van der Waals surface area (Å²) < 4.78 is 1.98. The molecule has 0 atom stereocenters. The first-order valence-electron chi connectivity index (χ1n) is 5.76. The summed E-state index contributed by atoms with van der Waals surface area (Å²) >= 11 is 38.5. The maximum Gasteiger partial charge on any atom is 0.250 e. The molecule has 0 radical (unpaired) electrons. The van der Waals surface area contributed by atoms with Crippen molar-refractivity contribution in [2.45, 2.75) is 7.59 Å². The van der Waals surface area contributed by atoms with Crippen molar-refractivity contribution < 1.29 is 4.74 Å². The zero-order valence-corrected chi connectivity index (χ0v) is 17.2. The van der Waals surface area contributed by atoms with Gasteiger partial charge >= 0.3 is 0 Å². The quantitative estimate of drug-likeness (QED) is 0.477. The molecule has 4 nitrogen and oxygen atoms in total. The van der Waals surface area contributed by atoms with Crippen LogP contribution in [0.2, 0.25) is 0 Å². The van der Waals surface area contributed by atoms with Gasteiger partial charge in [0.1, 0.15) is 5.75 Å². The Labute approximate surface area is 170 Å². The van der Waals surface area contributed by atoms with Gasteiger partial charge in [0.25, 0.3) is 0 Å². The summed E-state index contributed by atoms with van der Waals surface area (Å²) in [4.78, 5) is 12.2. The molecule has 0 saturated heterocycles. The second-order valence-electron chi connectivity index (χ2n) is 4.15. The molecule has 0 saturated carbocycles. The fraction of sp³-hybridized carbons (Fsp3) is 0.250. The van der Waals surface area contributed by atoms with Crippen molar-refractivity contribution >= 4 is 85.5 Å². The van der Waals surface area contributed by atoms with Crippen LogP contribution in [-0.4, -0.2) is 22.1 Å². The summed E-state index contributed by atoms with van der Waals surface area (Å²) in [5, 5.41) is 0. The minimum Gasteiger partial charge on any atom is -0.497 e. The molecule has 0 fully saturated rings. The zero-order valence-electron chi connectivity index (χ0n) is 11.1. The van der Waals surface area contributed by atoms with Crippen molar-refractivity contribution in [2.75, 3.05) is 7.11 Å². The van der Waals surface area contributed by atoms with Crippen LogP contribution in [0.3, 0.4) is 0 Å². The summed E-state index contributed by atoms with van der Waals surface area (Å²) in [5.41, 5.74) is 0.583. The van der Waals surface area contributed by atoms with Crippen molar-refractivity contribution in [3.63, 3.8) is 0 Å². The number of rotatable bonds is 2. The van der Waals surface area contributed by atoms with Crippen LogP contribution in [0, 0.1) is 0 Å². The molecule has 1 aromatic carbocycles. The lowest BCUT2D eigenvalue weighted by atomic mass is 10.2. The number of methoxy groups -OCH3 is 1. The van der Waals surface area contributed by atoms with Crippen molar-refractivity contribution in [2.24, 2.45) is 0 Å². The highest BCUT2D eigenvalue weighted by atomic mass is 79.9. The highest BCUT2D eigenvalue weighted by Crippen LogP contribution is 2.41. The van der Waals surface area contributed by atoms with E-state index in [9.17, 15) is 0 Å². The second-order valence-corrected chi connectivity index (χ2v) is 9.56. The Balaban J connectivity index is 2.67. The molecule has 2 rings (SSSR count). The molecular formula is C12H6BrCl6N3O. The van der Waals surface area contributed by atoms with E-state index in [4.69, 9.17) is 74.3 Å². The number of ether oxygens (including phenoxy) is 1. The minimum absolute atomic E-state index is 0.156. The van der Waals surface area contributed by atoms with E-state index in [2.05, 4.69) is 30.9 Å². The van der Waals surface area contributed by atoms with Crippen LogP contribution >= 0.6 is 85.5 Å². The van der Waals surface area contributed by atoms with Gasteiger partial charge in [0.2, 0.25) is 7.59 Å². The Morgan fingerprint density at radius 3 is 1.83 bits per heavy atom. The lowest BCUT2D eigenvalue weighted by Crippen LogP contribution is -2.16. The first-order chi connectivity index (χ1) is 10.5. The summed E-state index contributed by atoms with van der Waals surface area (Å²) in [7, 11) is 1.55. The summed E-state index contributed by atoms with van der Waals surface area (Å²) in [6.45, 7) is 0. The van der Waals surface area contributed by atoms with Crippen molar-refractivity contribution in [3.8, 4) is 17.1 Å². The van der Waals surface area contributed by atoms with E-state index in [1.54, 1.807) is 25.3 Å². The summed E-state index contributed by atoms with van der Waals surface area (Å²) in [6, 6.07) is 5.15. The summed E-state index contributed by atoms with van der Waals surface area (Å²) in [5.74, 6) is 0.503. The third-order valence-corrected chi connectivity index (χ3v) is 4.23. The lowest BCUT2D eigenvalue weighted by Gasteiger charge is -2.16. The molecule has 124 valence electrons. The van der Waals surface area contributed by atoms with Crippen LogP contribution in [0.5, 0.6) is 5.75 Å². The SMILES string of the molecule is COc1ccc(-c2nc(C(Cl)(Cl)Cl)nc(C(Cl)(Cl)Cl)n2)c(Br)c1. The molecular weight excluding hydrogens is 495 g/mol. The normalized spacial score (nSPS) is 12.3. The Hall–Kier alpha value is 0.250. The maximum atomic E-state index is 5.84. The lowest BCUT2D eigenvalue weighted by molar-refractivity contribution is 0.414. The fourth-order valence-electron chi connectivity index (χ4n) is 1.55. The number of benzene rings is 1. The second kappa shape index (κ2) is 7.24. The highest BCUT2D eigenvalue weighted by molar-refractivity contribution is 9.10. The molecule has 0 bridgehead atoms. The van der Waals surface area contributed by atoms with Crippen molar-refractivity contribution in [1.29, 1.82) is 0 Å². The van der Waals surface area contributed by atoms with Crippen LogP contribution in [0.1, 0.15) is 11.6 Å². The molecule has 0 aliphatic rings. The van der Waals surface area contributed by atoms with Crippen LogP contribution in [0.4, 0.5) is 0 Å². The van der Waals surface area contributed by atoms with Crippen molar-refractivity contribution in [3.05, 3.63) is 34.3 Å². The van der Waals surface area contributed by atoms with E-state index in [0.717, 1.165) is 0 Å². The first kappa shape index (κ1) is 19.6. The zero-order chi connectivity index (χ0) is 17.4. The van der Waals surface area contributed by atoms with E-state index < -0.39 is 7.59 Å². The summed E-state index contributed by atoms with van der Waals surface area (Å²) in [6.07, 6.45) is 0. The van der Waals surface area contributed by atoms with Crippen LogP contribution in [0.25, 0.3) is 11.4 Å². The molecule has 0 amide bonds. The number of aromatic nitrogens is 3. The van der Waals surface area contributed by atoms with Gasteiger partial charge < -0.3 is 4.74 Å². The van der Waals surface area contributed by atoms with E-state index in [1.807, 2.05) is 0 Å². The molecule has 23 heavy (non-hydrogen) atoms. The van der Waals surface area contributed by atoms with E-state index in [-0.39, 0.29) is 17.5 Å². The average Bonchev–Trinajstić information content (AvgIpc) is 2.44. The van der Waals surface area contributed by atoms with Gasteiger partial charge in [0.05, 0.1) is 7.11 Å². The third kappa shape index (κ3) is 4.88. The third-order valence-electron chi connectivity index (χ3n) is 2.56. The molecule has 0 aliphatic heterocycles. The first-order valence-corrected chi connectivity index (χ1v) is 8.83. The van der Waals surface area contributed by atoms with Gasteiger partial charge in [0, 0.05) is 10.0 Å². The van der Waals surface area contributed by atoms with Gasteiger partial charge in [-0.2, -0.15) is 0 Å². The number of alkyl halides is 6. The largest absolute Gasteiger partial charge is 0.497 e. The monoisotopic (exact) mass is 497 g/mol. The predicted molar refractivity (Wildman–Crippen MR) is 98.0 cm³/mol. The molecule has 0 aliphatic carbocycles. The Morgan fingerprint density at radius 2 is 1.43 bits per heavy atom. The fourth-order valence-corrected chi connectivity index (χ4v) is 2.60. The smallest absolute Gasteiger partial charge is 0.250 e. The molecule has 1 heterocycles. The highest BCUT2D eigenvalue weighted by Gasteiger charge is 2.34. The topological polar surface area (TPSA) is 47.9 Å². The average molecular weight is 501 g/mol. The molecule has 1 aromatic heterocycles. The van der Waals surface area contributed by atoms with Gasteiger partial charge in [-0.25, -0.2) is 15.0 Å². The molecule has 0 unspecified atom stereocenters. The standard InChI is InChI=1S/C12H6BrCl6N3O/c1-23-5-2-3-6(7(13)4-5)8-20-9(11(14,15)16)22-10(21-8)12(17,18)19/h2-4H,1H3. The Bertz CT molecular complexity index is 699. The number of hydrogen-bond acceptors (Lipinski definition) is 4. The van der Waals surface area contributed by atoms with E-state index in [1.165, 1.54) is 0 Å². The van der Waals surface area contributed by atoms with Crippen LogP contribution in [-0.2, 0) is 7.59 Å². The Morgan fingerprint density at radius 1 is 0.913 bits per heavy atom. The Kier molecular flexibility index (Phi) is 6.16. The predicted octanol–water partition coefficient (Wildman–Crippen LogP) is 5.96. The van der Waals surface area contributed by atoms with E-state index in [0.29, 0.717) is 15.8 Å². The van der Waals surface area contributed by atoms with Crippen molar-refractivity contribution in [1.82, 2.24) is 15.0 Å². The van der Waals surface area contributed by atoms with Gasteiger partial charge in [0.15, 0.2) is 17.5 Å². The number of hydrogen-bond donors (Lipinski definition) is 0. The minimum atomic E-state index is -1.90. The van der Waals surface area contributed by atoms with Gasteiger partial charge in [-0.1, -0.05) is 69.6 Å². The van der Waals surface area contributed by atoms with Gasteiger partial charge in [-0.15, -0.1) is 0 Å². The van der Waals surface area contributed by atoms with Crippen LogP contribution in [0.15, 0.2) is 22.7 Å².